The van der Waals surface area contributed by atoms with Gasteiger partial charge in [0, 0.05) is 4.88 Å². The fourth-order valence-electron chi connectivity index (χ4n) is 3.44. The van der Waals surface area contributed by atoms with Crippen molar-refractivity contribution >= 4 is 50.5 Å². The average Bonchev–Trinajstić information content (AvgIpc) is 3.37. The first-order valence-electron chi connectivity index (χ1n) is 8.93. The van der Waals surface area contributed by atoms with Crippen LogP contribution in [0.15, 0.2) is 22.7 Å². The maximum Gasteiger partial charge on any atom is 0.209 e. The van der Waals surface area contributed by atoms with Crippen LogP contribution in [0.4, 0.5) is 5.82 Å². The van der Waals surface area contributed by atoms with Gasteiger partial charge in [-0.05, 0) is 42.7 Å². The van der Waals surface area contributed by atoms with E-state index in [-0.39, 0.29) is 0 Å². The van der Waals surface area contributed by atoms with E-state index < -0.39 is 0 Å². The van der Waals surface area contributed by atoms with E-state index in [2.05, 4.69) is 20.2 Å². The number of nitrogen functional groups attached to an aromatic ring is 1. The number of thioether (sulfide) groups is 1. The van der Waals surface area contributed by atoms with Gasteiger partial charge in [0.2, 0.25) is 5.16 Å². The zero-order valence-electron chi connectivity index (χ0n) is 14.6. The standard InChI is InChI=1S/C18H18N6S3/c19-15-14-10-5-2-1-3-6-11(10)27-17(14)21-13(20-15)9-26-18-22-16(23-24-18)12-7-4-8-25-12/h4,7-8H,1-3,5-6,9H2,(H2,19,20,21)(H,22,23,24). The maximum absolute atomic E-state index is 6.32. The number of nitrogens with zero attached hydrogens (tertiary/aromatic N) is 4. The Bertz CT molecular complexity index is 1080. The van der Waals surface area contributed by atoms with Crippen LogP contribution in [-0.2, 0) is 18.6 Å². The van der Waals surface area contributed by atoms with Crippen molar-refractivity contribution in [3.8, 4) is 10.7 Å². The smallest absolute Gasteiger partial charge is 0.209 e. The summed E-state index contributed by atoms with van der Waals surface area (Å²) in [6, 6.07) is 4.03. The van der Waals surface area contributed by atoms with Gasteiger partial charge in [0.15, 0.2) is 5.82 Å². The fraction of sp³-hybridized carbons (Fsp3) is 0.333. The van der Waals surface area contributed by atoms with Gasteiger partial charge >= 0.3 is 0 Å². The van der Waals surface area contributed by atoms with Crippen LogP contribution in [0.25, 0.3) is 20.9 Å². The molecule has 0 spiro atoms. The average molecular weight is 415 g/mol. The first-order valence-corrected chi connectivity index (χ1v) is 11.6. The first-order chi connectivity index (χ1) is 13.3. The van der Waals surface area contributed by atoms with Crippen LogP contribution in [0.3, 0.4) is 0 Å². The Hall–Kier alpha value is -1.97. The van der Waals surface area contributed by atoms with Gasteiger partial charge in [-0.25, -0.2) is 15.0 Å². The molecule has 0 fully saturated rings. The van der Waals surface area contributed by atoms with Gasteiger partial charge in [0.1, 0.15) is 16.5 Å². The van der Waals surface area contributed by atoms with Crippen molar-refractivity contribution < 1.29 is 0 Å². The highest BCUT2D eigenvalue weighted by atomic mass is 32.2. The number of aromatic nitrogens is 5. The third-order valence-corrected chi connectivity index (χ3v) is 7.59. The quantitative estimate of drug-likeness (QED) is 0.372. The summed E-state index contributed by atoms with van der Waals surface area (Å²) in [5.41, 5.74) is 7.71. The lowest BCUT2D eigenvalue weighted by molar-refractivity contribution is 0.713. The molecule has 4 heterocycles. The third kappa shape index (κ3) is 3.35. The summed E-state index contributed by atoms with van der Waals surface area (Å²) in [6.45, 7) is 0. The van der Waals surface area contributed by atoms with Gasteiger partial charge in [-0.1, -0.05) is 24.2 Å². The number of hydrogen-bond donors (Lipinski definition) is 2. The van der Waals surface area contributed by atoms with Gasteiger partial charge in [0.05, 0.1) is 16.0 Å². The molecule has 9 heteroatoms. The number of aryl methyl sites for hydroxylation is 2. The molecule has 0 amide bonds. The molecular formula is C18H18N6S3. The van der Waals surface area contributed by atoms with Crippen LogP contribution in [0.1, 0.15) is 35.5 Å². The van der Waals surface area contributed by atoms with Crippen LogP contribution < -0.4 is 5.73 Å². The lowest BCUT2D eigenvalue weighted by atomic mass is 10.1. The molecule has 1 aliphatic carbocycles. The predicted octanol–water partition coefficient (Wildman–Crippen LogP) is 4.68. The summed E-state index contributed by atoms with van der Waals surface area (Å²) in [4.78, 5) is 17.5. The van der Waals surface area contributed by atoms with E-state index >= 15 is 0 Å². The minimum atomic E-state index is 0.602. The normalized spacial score (nSPS) is 14.4. The molecule has 0 atom stereocenters. The second-order valence-electron chi connectivity index (χ2n) is 6.50. The molecule has 3 N–H and O–H groups in total. The largest absolute Gasteiger partial charge is 0.383 e. The van der Waals surface area contributed by atoms with Crippen LogP contribution in [0, 0.1) is 0 Å². The highest BCUT2D eigenvalue weighted by molar-refractivity contribution is 7.98. The molecule has 138 valence electrons. The van der Waals surface area contributed by atoms with Crippen LogP contribution >= 0.6 is 34.4 Å². The lowest BCUT2D eigenvalue weighted by Gasteiger charge is -2.03. The lowest BCUT2D eigenvalue weighted by Crippen LogP contribution is -2.00. The predicted molar refractivity (Wildman–Crippen MR) is 112 cm³/mol. The Morgan fingerprint density at radius 2 is 2.07 bits per heavy atom. The maximum atomic E-state index is 6.32. The molecule has 0 unspecified atom stereocenters. The molecule has 6 nitrogen and oxygen atoms in total. The van der Waals surface area contributed by atoms with Gasteiger partial charge in [-0.2, -0.15) is 0 Å². The van der Waals surface area contributed by atoms with Gasteiger partial charge in [0.25, 0.3) is 0 Å². The molecule has 4 aromatic heterocycles. The highest BCUT2D eigenvalue weighted by Gasteiger charge is 2.19. The monoisotopic (exact) mass is 414 g/mol. The molecule has 5 rings (SSSR count). The molecule has 4 aromatic rings. The summed E-state index contributed by atoms with van der Waals surface area (Å²) >= 11 is 4.95. The van der Waals surface area contributed by atoms with Crippen molar-refractivity contribution in [2.75, 3.05) is 5.73 Å². The topological polar surface area (TPSA) is 93.4 Å². The molecule has 0 aromatic carbocycles. The third-order valence-electron chi connectivity index (χ3n) is 4.69. The van der Waals surface area contributed by atoms with Crippen molar-refractivity contribution in [1.82, 2.24) is 25.1 Å². The van der Waals surface area contributed by atoms with E-state index in [1.807, 2.05) is 17.5 Å². The number of aromatic amines is 1. The molecule has 0 bridgehead atoms. The zero-order chi connectivity index (χ0) is 18.2. The van der Waals surface area contributed by atoms with Crippen molar-refractivity contribution in [3.05, 3.63) is 33.8 Å². The fourth-order valence-corrected chi connectivity index (χ4v) is 6.04. The van der Waals surface area contributed by atoms with Crippen molar-refractivity contribution in [1.29, 1.82) is 0 Å². The Morgan fingerprint density at radius 3 is 2.96 bits per heavy atom. The molecule has 0 radical (unpaired) electrons. The Labute approximate surface area is 168 Å². The first kappa shape index (κ1) is 17.2. The number of nitrogens with one attached hydrogen (secondary N) is 1. The number of rotatable bonds is 4. The summed E-state index contributed by atoms with van der Waals surface area (Å²) < 4.78 is 0. The number of anilines is 1. The van der Waals surface area contributed by atoms with E-state index in [1.165, 1.54) is 41.5 Å². The SMILES string of the molecule is Nc1nc(CSc2n[nH]c(-c3cccs3)n2)nc2sc3c(c12)CCCCC3. The van der Waals surface area contributed by atoms with Crippen LogP contribution in [0.2, 0.25) is 0 Å². The van der Waals surface area contributed by atoms with Crippen LogP contribution in [0.5, 0.6) is 0 Å². The van der Waals surface area contributed by atoms with Crippen molar-refractivity contribution in [3.63, 3.8) is 0 Å². The second kappa shape index (κ2) is 7.21. The Balaban J connectivity index is 1.38. The Morgan fingerprint density at radius 1 is 1.15 bits per heavy atom. The zero-order valence-corrected chi connectivity index (χ0v) is 17.0. The molecule has 1 aliphatic rings. The highest BCUT2D eigenvalue weighted by Crippen LogP contribution is 2.37. The molecule has 0 saturated carbocycles. The minimum absolute atomic E-state index is 0.602. The van der Waals surface area contributed by atoms with Gasteiger partial charge in [-0.3, -0.25) is 5.10 Å². The minimum Gasteiger partial charge on any atom is -0.383 e. The Kier molecular flexibility index (Phi) is 4.58. The number of H-pyrrole nitrogens is 1. The second-order valence-corrected chi connectivity index (χ2v) is 9.48. The molecule has 0 saturated heterocycles. The number of thiophene rings is 2. The summed E-state index contributed by atoms with van der Waals surface area (Å²) in [5.74, 6) is 2.75. The molecular weight excluding hydrogens is 396 g/mol. The van der Waals surface area contributed by atoms with E-state index in [0.29, 0.717) is 16.7 Å². The van der Waals surface area contributed by atoms with Crippen molar-refractivity contribution in [2.45, 2.75) is 43.0 Å². The summed E-state index contributed by atoms with van der Waals surface area (Å²) in [5, 5.41) is 11.1. The van der Waals surface area contributed by atoms with Crippen LogP contribution in [-0.4, -0.2) is 25.1 Å². The summed E-state index contributed by atoms with van der Waals surface area (Å²) in [7, 11) is 0. The van der Waals surface area contributed by atoms with Crippen molar-refractivity contribution in [2.24, 2.45) is 0 Å². The summed E-state index contributed by atoms with van der Waals surface area (Å²) in [6.07, 6.45) is 6.02. The van der Waals surface area contributed by atoms with Gasteiger partial charge in [-0.15, -0.1) is 27.8 Å². The van der Waals surface area contributed by atoms with E-state index in [1.54, 1.807) is 22.7 Å². The molecule has 27 heavy (non-hydrogen) atoms. The number of fused-ring (bicyclic) bond motifs is 3. The van der Waals surface area contributed by atoms with E-state index in [0.717, 1.165) is 39.6 Å². The number of hydrogen-bond acceptors (Lipinski definition) is 8. The van der Waals surface area contributed by atoms with E-state index in [4.69, 9.17) is 10.7 Å². The van der Waals surface area contributed by atoms with E-state index in [9.17, 15) is 0 Å². The number of nitrogens with two attached hydrogens (primary N) is 1. The molecule has 0 aliphatic heterocycles. The van der Waals surface area contributed by atoms with Gasteiger partial charge < -0.3 is 5.73 Å².